The third-order valence-corrected chi connectivity index (χ3v) is 15.5. The van der Waals surface area contributed by atoms with Gasteiger partial charge in [-0.3, -0.25) is 0 Å². The maximum absolute atomic E-state index is 5.66. The molecule has 0 bridgehead atoms. The highest BCUT2D eigenvalue weighted by Gasteiger charge is 2.26. The SMILES string of the molecule is c1ccc(-c2cc(-c3ccccc3)cc(-c3nc(-c4cccc(-c5ccc(-c6c(-c7ccccc7)c(-c7ccccc7)nc(-c7ccccc7)c6-c6ccccc6)cc5)c4)nc(-c4cc(-c5ccccc5)cc(-c5ccccc5)c4)n3)c2)cc1. The fourth-order valence-corrected chi connectivity index (χ4v) is 11.4. The Balaban J connectivity index is 0.946. The Kier molecular flexibility index (Phi) is 14.0. The Bertz CT molecular complexity index is 4220. The van der Waals surface area contributed by atoms with E-state index in [2.05, 4.69) is 328 Å². The van der Waals surface area contributed by atoms with Gasteiger partial charge in [-0.25, -0.2) is 19.9 Å². The Labute approximate surface area is 490 Å². The number of hydrogen-bond acceptors (Lipinski definition) is 4. The molecule has 84 heavy (non-hydrogen) atoms. The minimum atomic E-state index is 0.574. The van der Waals surface area contributed by atoms with Crippen molar-refractivity contribution in [2.24, 2.45) is 0 Å². The molecule has 0 spiro atoms. The maximum Gasteiger partial charge on any atom is 0.164 e. The van der Waals surface area contributed by atoms with Crippen LogP contribution in [0.1, 0.15) is 0 Å². The van der Waals surface area contributed by atoms with Gasteiger partial charge in [0.05, 0.1) is 11.4 Å². The van der Waals surface area contributed by atoms with Crippen LogP contribution >= 0.6 is 0 Å². The Morgan fingerprint density at radius 1 is 0.131 bits per heavy atom. The van der Waals surface area contributed by atoms with Crippen molar-refractivity contribution in [1.82, 2.24) is 19.9 Å². The molecule has 0 saturated carbocycles. The molecule has 14 rings (SSSR count). The second kappa shape index (κ2) is 23.1. The number of nitrogens with zero attached hydrogens (tertiary/aromatic N) is 4. The molecule has 0 radical (unpaired) electrons. The summed E-state index contributed by atoms with van der Waals surface area (Å²) in [5, 5.41) is 0. The van der Waals surface area contributed by atoms with E-state index < -0.39 is 0 Å². The molecule has 2 aromatic heterocycles. The van der Waals surface area contributed by atoms with Crippen molar-refractivity contribution in [2.45, 2.75) is 0 Å². The monoisotopic (exact) mass is 1070 g/mol. The predicted molar refractivity (Wildman–Crippen MR) is 348 cm³/mol. The van der Waals surface area contributed by atoms with Crippen molar-refractivity contribution in [3.63, 3.8) is 0 Å². The fourth-order valence-electron chi connectivity index (χ4n) is 11.4. The molecule has 0 fully saturated rings. The molecule has 2 heterocycles. The van der Waals surface area contributed by atoms with Gasteiger partial charge < -0.3 is 0 Å². The van der Waals surface area contributed by atoms with Gasteiger partial charge in [-0.1, -0.05) is 285 Å². The van der Waals surface area contributed by atoms with Gasteiger partial charge in [-0.2, -0.15) is 0 Å². The van der Waals surface area contributed by atoms with Crippen LogP contribution in [0.15, 0.2) is 328 Å². The molecular formula is C80H54N4. The van der Waals surface area contributed by atoms with Crippen molar-refractivity contribution in [2.75, 3.05) is 0 Å². The summed E-state index contributed by atoms with van der Waals surface area (Å²) in [6.07, 6.45) is 0. The molecule has 0 aliphatic carbocycles. The predicted octanol–water partition coefficient (Wildman–Crippen LogP) is 20.9. The van der Waals surface area contributed by atoms with E-state index in [0.717, 1.165) is 128 Å². The van der Waals surface area contributed by atoms with E-state index in [4.69, 9.17) is 19.9 Å². The topological polar surface area (TPSA) is 51.6 Å². The first-order valence-corrected chi connectivity index (χ1v) is 28.4. The second-order valence-corrected chi connectivity index (χ2v) is 20.9. The van der Waals surface area contributed by atoms with E-state index in [9.17, 15) is 0 Å². The van der Waals surface area contributed by atoms with E-state index in [0.29, 0.717) is 17.5 Å². The van der Waals surface area contributed by atoms with Crippen LogP contribution in [-0.4, -0.2) is 19.9 Å². The molecule has 14 aromatic rings. The summed E-state index contributed by atoms with van der Waals surface area (Å²) >= 11 is 0. The molecule has 0 atom stereocenters. The molecular weight excluding hydrogens is 1020 g/mol. The van der Waals surface area contributed by atoms with Gasteiger partial charge in [0.2, 0.25) is 0 Å². The molecule has 12 aromatic carbocycles. The molecule has 0 amide bonds. The largest absolute Gasteiger partial charge is 0.246 e. The van der Waals surface area contributed by atoms with Crippen LogP contribution in [0.3, 0.4) is 0 Å². The summed E-state index contributed by atoms with van der Waals surface area (Å²) in [6.45, 7) is 0. The Morgan fingerprint density at radius 2 is 0.357 bits per heavy atom. The number of benzene rings is 12. The molecule has 0 aliphatic rings. The van der Waals surface area contributed by atoms with Crippen molar-refractivity contribution in [3.05, 3.63) is 328 Å². The van der Waals surface area contributed by atoms with Gasteiger partial charge in [-0.05, 0) is 115 Å². The van der Waals surface area contributed by atoms with Crippen LogP contribution < -0.4 is 0 Å². The highest BCUT2D eigenvalue weighted by Crippen LogP contribution is 2.49. The first-order chi connectivity index (χ1) is 41.6. The van der Waals surface area contributed by atoms with Gasteiger partial charge in [0, 0.05) is 44.5 Å². The summed E-state index contributed by atoms with van der Waals surface area (Å²) < 4.78 is 0. The fraction of sp³-hybridized carbons (Fsp3) is 0. The summed E-state index contributed by atoms with van der Waals surface area (Å²) in [6, 6.07) is 116. The van der Waals surface area contributed by atoms with Gasteiger partial charge >= 0.3 is 0 Å². The number of rotatable bonds is 13. The zero-order chi connectivity index (χ0) is 56.0. The summed E-state index contributed by atoms with van der Waals surface area (Å²) in [5.41, 5.74) is 24.0. The van der Waals surface area contributed by atoms with Gasteiger partial charge in [0.25, 0.3) is 0 Å². The molecule has 0 N–H and O–H groups in total. The highest BCUT2D eigenvalue weighted by molar-refractivity contribution is 6.05. The molecule has 0 unspecified atom stereocenters. The first-order valence-electron chi connectivity index (χ1n) is 28.4. The van der Waals surface area contributed by atoms with Crippen molar-refractivity contribution < 1.29 is 0 Å². The van der Waals surface area contributed by atoms with Crippen LogP contribution in [0.4, 0.5) is 0 Å². The van der Waals surface area contributed by atoms with Crippen LogP contribution in [0.2, 0.25) is 0 Å². The molecule has 0 aliphatic heterocycles. The molecule has 4 heteroatoms. The van der Waals surface area contributed by atoms with Crippen molar-refractivity contribution in [1.29, 1.82) is 0 Å². The van der Waals surface area contributed by atoms with Gasteiger partial charge in [0.1, 0.15) is 0 Å². The van der Waals surface area contributed by atoms with Crippen LogP contribution in [-0.2, 0) is 0 Å². The van der Waals surface area contributed by atoms with Gasteiger partial charge in [-0.15, -0.1) is 0 Å². The van der Waals surface area contributed by atoms with Crippen molar-refractivity contribution in [3.8, 4) is 146 Å². The summed E-state index contributed by atoms with van der Waals surface area (Å²) in [5.74, 6) is 1.73. The standard InChI is InChI=1S/C80H54N4/c1-9-26-55(27-10-1)67-49-68(56-28-11-2-12-29-56)52-71(51-67)79-82-78(83-80(84-79)72-53-69(57-30-13-3-14-31-57)50-70(54-72)58-32-15-4-16-33-58)66-43-25-42-65(48-66)59-44-46-62(47-45-59)73-74(60-34-17-5-18-35-60)76(63-38-21-7-22-39-63)81-77(64-40-23-8-24-41-64)75(73)61-36-19-6-20-37-61/h1-54H. The van der Waals surface area contributed by atoms with E-state index in [1.54, 1.807) is 0 Å². The zero-order valence-corrected chi connectivity index (χ0v) is 46.0. The first kappa shape index (κ1) is 51.0. The Morgan fingerprint density at radius 3 is 0.702 bits per heavy atom. The van der Waals surface area contributed by atoms with Crippen LogP contribution in [0.25, 0.3) is 146 Å². The van der Waals surface area contributed by atoms with Crippen LogP contribution in [0.5, 0.6) is 0 Å². The maximum atomic E-state index is 5.66. The average molecular weight is 1070 g/mol. The van der Waals surface area contributed by atoms with E-state index in [1.807, 2.05) is 0 Å². The lowest BCUT2D eigenvalue weighted by Crippen LogP contribution is -2.01. The molecule has 4 nitrogen and oxygen atoms in total. The minimum absolute atomic E-state index is 0.574. The lowest BCUT2D eigenvalue weighted by atomic mass is 9.83. The van der Waals surface area contributed by atoms with Gasteiger partial charge in [0.15, 0.2) is 17.5 Å². The van der Waals surface area contributed by atoms with Crippen LogP contribution in [0, 0.1) is 0 Å². The lowest BCUT2D eigenvalue weighted by molar-refractivity contribution is 1.07. The van der Waals surface area contributed by atoms with E-state index in [-0.39, 0.29) is 0 Å². The summed E-state index contributed by atoms with van der Waals surface area (Å²) in [7, 11) is 0. The second-order valence-electron chi connectivity index (χ2n) is 20.9. The Hall–Kier alpha value is -11.2. The van der Waals surface area contributed by atoms with E-state index >= 15 is 0 Å². The normalized spacial score (nSPS) is 11.1. The van der Waals surface area contributed by atoms with Crippen molar-refractivity contribution >= 4 is 0 Å². The molecule has 0 saturated heterocycles. The minimum Gasteiger partial charge on any atom is -0.246 e. The highest BCUT2D eigenvalue weighted by atomic mass is 15.0. The number of hydrogen-bond donors (Lipinski definition) is 0. The summed E-state index contributed by atoms with van der Waals surface area (Å²) in [4.78, 5) is 22.0. The third kappa shape index (κ3) is 10.6. The third-order valence-electron chi connectivity index (χ3n) is 15.5. The number of pyridine rings is 1. The van der Waals surface area contributed by atoms with E-state index in [1.165, 1.54) is 0 Å². The lowest BCUT2D eigenvalue weighted by Gasteiger charge is -2.23. The smallest absolute Gasteiger partial charge is 0.164 e. The zero-order valence-electron chi connectivity index (χ0n) is 46.0. The molecule has 394 valence electrons. The average Bonchev–Trinajstić information content (AvgIpc) is 1.18. The quantitative estimate of drug-likeness (QED) is 0.115. The number of aromatic nitrogens is 4.